The van der Waals surface area contributed by atoms with Crippen LogP contribution in [0.15, 0.2) is 54.6 Å². The van der Waals surface area contributed by atoms with Gasteiger partial charge in [-0.25, -0.2) is 4.98 Å². The predicted molar refractivity (Wildman–Crippen MR) is 123 cm³/mol. The number of rotatable bonds is 8. The second kappa shape index (κ2) is 10.3. The number of hydrogen-bond acceptors (Lipinski definition) is 6. The quantitative estimate of drug-likeness (QED) is 0.521. The van der Waals surface area contributed by atoms with Crippen LogP contribution in [0.3, 0.4) is 0 Å². The van der Waals surface area contributed by atoms with Crippen LogP contribution in [0.25, 0.3) is 0 Å². The lowest BCUT2D eigenvalue weighted by Crippen LogP contribution is -2.35. The summed E-state index contributed by atoms with van der Waals surface area (Å²) in [7, 11) is 1.62. The van der Waals surface area contributed by atoms with Crippen molar-refractivity contribution >= 4 is 28.3 Å². The van der Waals surface area contributed by atoms with Gasteiger partial charge in [-0.2, -0.15) is 0 Å². The van der Waals surface area contributed by atoms with E-state index in [9.17, 15) is 9.59 Å². The summed E-state index contributed by atoms with van der Waals surface area (Å²) < 4.78 is 10.8. The minimum absolute atomic E-state index is 0.0205. The molecular weight excluding hydrogens is 426 g/mol. The lowest BCUT2D eigenvalue weighted by molar-refractivity contribution is -0.116. The van der Waals surface area contributed by atoms with Crippen molar-refractivity contribution in [1.29, 1.82) is 0 Å². The average Bonchev–Trinajstić information content (AvgIpc) is 3.23. The zero-order valence-corrected chi connectivity index (χ0v) is 18.7. The number of methoxy groups -OCH3 is 1. The lowest BCUT2D eigenvalue weighted by Gasteiger charge is -2.26. The Morgan fingerprint density at radius 1 is 1.09 bits per heavy atom. The van der Waals surface area contributed by atoms with E-state index >= 15 is 0 Å². The van der Waals surface area contributed by atoms with Crippen molar-refractivity contribution in [2.75, 3.05) is 25.6 Å². The summed E-state index contributed by atoms with van der Waals surface area (Å²) in [5, 5.41) is 3.47. The van der Waals surface area contributed by atoms with Gasteiger partial charge < -0.3 is 19.7 Å². The largest absolute Gasteiger partial charge is 0.497 e. The number of carbonyl (C=O) groups is 2. The van der Waals surface area contributed by atoms with Crippen LogP contribution in [0, 0.1) is 0 Å². The minimum atomic E-state index is -0.0911. The molecule has 8 heteroatoms. The highest BCUT2D eigenvalue weighted by Crippen LogP contribution is 2.29. The fourth-order valence-corrected chi connectivity index (χ4v) is 4.50. The zero-order valence-electron chi connectivity index (χ0n) is 17.9. The standard InChI is InChI=1S/C24H25N3O4S/c1-30-18-9-11-19(12-10-18)31-15-5-8-22(28)26-24-25-20-13-14-27(16-21(20)32-24)23(29)17-6-3-2-4-7-17/h2-4,6-7,9-12H,5,8,13-16H2,1H3,(H,25,26,28). The molecule has 4 rings (SSSR count). The number of ether oxygens (including phenoxy) is 2. The van der Waals surface area contributed by atoms with Crippen LogP contribution in [-0.4, -0.2) is 42.0 Å². The molecule has 2 amide bonds. The number of fused-ring (bicyclic) bond motifs is 1. The van der Waals surface area contributed by atoms with Gasteiger partial charge in [0.25, 0.3) is 5.91 Å². The highest BCUT2D eigenvalue weighted by atomic mass is 32.1. The Morgan fingerprint density at radius 3 is 2.59 bits per heavy atom. The van der Waals surface area contributed by atoms with E-state index in [1.54, 1.807) is 7.11 Å². The molecule has 0 radical (unpaired) electrons. The number of anilines is 1. The minimum Gasteiger partial charge on any atom is -0.497 e. The molecule has 0 unspecified atom stereocenters. The molecule has 2 aromatic carbocycles. The van der Waals surface area contributed by atoms with Gasteiger partial charge in [-0.05, 0) is 42.8 Å². The van der Waals surface area contributed by atoms with Crippen LogP contribution in [0.5, 0.6) is 11.5 Å². The maximum atomic E-state index is 12.7. The molecule has 0 saturated carbocycles. The molecule has 7 nitrogen and oxygen atoms in total. The van der Waals surface area contributed by atoms with Crippen molar-refractivity contribution < 1.29 is 19.1 Å². The van der Waals surface area contributed by atoms with Crippen molar-refractivity contribution in [1.82, 2.24) is 9.88 Å². The Kier molecular flexibility index (Phi) is 7.01. The van der Waals surface area contributed by atoms with Gasteiger partial charge in [-0.1, -0.05) is 29.5 Å². The molecular formula is C24H25N3O4S. The van der Waals surface area contributed by atoms with Gasteiger partial charge in [0.05, 0.1) is 26.0 Å². The highest BCUT2D eigenvalue weighted by Gasteiger charge is 2.25. The third-order valence-corrected chi connectivity index (χ3v) is 6.16. The van der Waals surface area contributed by atoms with Crippen molar-refractivity contribution in [3.63, 3.8) is 0 Å². The van der Waals surface area contributed by atoms with E-state index in [4.69, 9.17) is 9.47 Å². The Morgan fingerprint density at radius 2 is 1.84 bits per heavy atom. The van der Waals surface area contributed by atoms with Crippen molar-refractivity contribution in [3.8, 4) is 11.5 Å². The first-order valence-electron chi connectivity index (χ1n) is 10.5. The predicted octanol–water partition coefficient (Wildman–Crippen LogP) is 4.15. The molecule has 2 heterocycles. The molecule has 0 spiro atoms. The van der Waals surface area contributed by atoms with E-state index < -0.39 is 0 Å². The van der Waals surface area contributed by atoms with E-state index in [2.05, 4.69) is 10.3 Å². The van der Waals surface area contributed by atoms with Crippen LogP contribution in [0.1, 0.15) is 33.8 Å². The number of hydrogen-bond donors (Lipinski definition) is 1. The Labute approximate surface area is 191 Å². The number of nitrogens with one attached hydrogen (secondary N) is 1. The van der Waals surface area contributed by atoms with Gasteiger partial charge in [0.1, 0.15) is 11.5 Å². The Bertz CT molecular complexity index is 1070. The molecule has 166 valence electrons. The molecule has 0 saturated heterocycles. The smallest absolute Gasteiger partial charge is 0.254 e. The van der Waals surface area contributed by atoms with Gasteiger partial charge in [-0.3, -0.25) is 9.59 Å². The first-order chi connectivity index (χ1) is 15.6. The normalized spacial score (nSPS) is 12.7. The second-order valence-electron chi connectivity index (χ2n) is 7.41. The van der Waals surface area contributed by atoms with Crippen molar-refractivity contribution in [3.05, 3.63) is 70.7 Å². The van der Waals surface area contributed by atoms with Crippen LogP contribution in [0.2, 0.25) is 0 Å². The molecule has 1 aliphatic heterocycles. The molecule has 1 aromatic heterocycles. The van der Waals surface area contributed by atoms with Gasteiger partial charge in [-0.15, -0.1) is 0 Å². The van der Waals surface area contributed by atoms with Gasteiger partial charge >= 0.3 is 0 Å². The number of amides is 2. The van der Waals surface area contributed by atoms with Crippen molar-refractivity contribution in [2.45, 2.75) is 25.8 Å². The molecule has 0 bridgehead atoms. The van der Waals surface area contributed by atoms with E-state index in [-0.39, 0.29) is 11.8 Å². The number of aromatic nitrogens is 1. The van der Waals surface area contributed by atoms with Gasteiger partial charge in [0, 0.05) is 29.8 Å². The summed E-state index contributed by atoms with van der Waals surface area (Å²) in [6.07, 6.45) is 1.64. The highest BCUT2D eigenvalue weighted by molar-refractivity contribution is 7.15. The molecule has 3 aromatic rings. The van der Waals surface area contributed by atoms with E-state index in [1.165, 1.54) is 11.3 Å². The second-order valence-corrected chi connectivity index (χ2v) is 8.49. The number of carbonyl (C=O) groups excluding carboxylic acids is 2. The number of thiazole rings is 1. The first kappa shape index (κ1) is 21.8. The van der Waals surface area contributed by atoms with E-state index in [0.29, 0.717) is 49.7 Å². The summed E-state index contributed by atoms with van der Waals surface area (Å²) in [5.41, 5.74) is 1.65. The molecule has 0 aliphatic carbocycles. The molecule has 32 heavy (non-hydrogen) atoms. The summed E-state index contributed by atoms with van der Waals surface area (Å²) in [4.78, 5) is 32.4. The van der Waals surface area contributed by atoms with Crippen LogP contribution < -0.4 is 14.8 Å². The zero-order chi connectivity index (χ0) is 22.3. The first-order valence-corrected chi connectivity index (χ1v) is 11.3. The summed E-state index contributed by atoms with van der Waals surface area (Å²) >= 11 is 1.44. The summed E-state index contributed by atoms with van der Waals surface area (Å²) in [6.45, 7) is 1.59. The monoisotopic (exact) mass is 451 g/mol. The van der Waals surface area contributed by atoms with E-state index in [0.717, 1.165) is 22.1 Å². The average molecular weight is 452 g/mol. The number of benzene rings is 2. The molecule has 0 fully saturated rings. The fourth-order valence-electron chi connectivity index (χ4n) is 3.46. The van der Waals surface area contributed by atoms with Gasteiger partial charge in [0.15, 0.2) is 5.13 Å². The maximum absolute atomic E-state index is 12.7. The SMILES string of the molecule is COc1ccc(OCCCC(=O)Nc2nc3c(s2)CN(C(=O)c2ccccc2)CC3)cc1. The Balaban J connectivity index is 1.24. The fraction of sp³-hybridized carbons (Fsp3) is 0.292. The third-order valence-electron chi connectivity index (χ3n) is 5.16. The topological polar surface area (TPSA) is 80.8 Å². The summed E-state index contributed by atoms with van der Waals surface area (Å²) in [6, 6.07) is 16.6. The number of nitrogens with zero attached hydrogens (tertiary/aromatic N) is 2. The third kappa shape index (κ3) is 5.45. The van der Waals surface area contributed by atoms with Gasteiger partial charge in [0.2, 0.25) is 5.91 Å². The van der Waals surface area contributed by atoms with Crippen LogP contribution in [-0.2, 0) is 17.8 Å². The van der Waals surface area contributed by atoms with E-state index in [1.807, 2.05) is 59.5 Å². The van der Waals surface area contributed by atoms with Crippen LogP contribution >= 0.6 is 11.3 Å². The van der Waals surface area contributed by atoms with Crippen LogP contribution in [0.4, 0.5) is 5.13 Å². The molecule has 1 N–H and O–H groups in total. The lowest BCUT2D eigenvalue weighted by atomic mass is 10.1. The van der Waals surface area contributed by atoms with Crippen molar-refractivity contribution in [2.24, 2.45) is 0 Å². The molecule has 1 aliphatic rings. The maximum Gasteiger partial charge on any atom is 0.254 e. The summed E-state index contributed by atoms with van der Waals surface area (Å²) in [5.74, 6) is 1.45. The molecule has 0 atom stereocenters. The Hall–Kier alpha value is -3.39.